The Balaban J connectivity index is 1.76. The van der Waals surface area contributed by atoms with Crippen LogP contribution in [-0.2, 0) is 7.05 Å². The number of ether oxygens (including phenoxy) is 1. The molecule has 6 nitrogen and oxygen atoms in total. The average Bonchev–Trinajstić information content (AvgIpc) is 3.29. The lowest BCUT2D eigenvalue weighted by Gasteiger charge is -2.21. The lowest BCUT2D eigenvalue weighted by molar-refractivity contribution is 0.0914. The van der Waals surface area contributed by atoms with Crippen LogP contribution in [-0.4, -0.2) is 22.6 Å². The van der Waals surface area contributed by atoms with E-state index in [1.54, 1.807) is 31.5 Å². The zero-order valence-electron chi connectivity index (χ0n) is 16.3. The first-order valence-corrected chi connectivity index (χ1v) is 9.47. The fourth-order valence-electron chi connectivity index (χ4n) is 3.45. The van der Waals surface area contributed by atoms with E-state index < -0.39 is 6.04 Å². The topological polar surface area (TPSA) is 69.3 Å². The molecule has 0 bridgehead atoms. The van der Waals surface area contributed by atoms with E-state index in [4.69, 9.17) is 20.8 Å². The van der Waals surface area contributed by atoms with Crippen molar-refractivity contribution in [3.63, 3.8) is 0 Å². The first kappa shape index (κ1) is 19.1. The van der Waals surface area contributed by atoms with Gasteiger partial charge in [-0.1, -0.05) is 29.8 Å². The molecule has 2 aromatic heterocycles. The highest BCUT2D eigenvalue weighted by Crippen LogP contribution is 2.31. The van der Waals surface area contributed by atoms with Gasteiger partial charge in [0.25, 0.3) is 5.91 Å². The number of benzene rings is 2. The van der Waals surface area contributed by atoms with Crippen molar-refractivity contribution in [3.8, 4) is 5.75 Å². The van der Waals surface area contributed by atoms with Crippen LogP contribution >= 0.6 is 11.6 Å². The molecular weight excluding hydrogens is 390 g/mol. The summed E-state index contributed by atoms with van der Waals surface area (Å²) in [4.78, 5) is 17.6. The fraction of sp³-hybridized carbons (Fsp3) is 0.182. The van der Waals surface area contributed by atoms with Gasteiger partial charge >= 0.3 is 0 Å². The van der Waals surface area contributed by atoms with Gasteiger partial charge in [-0.25, -0.2) is 4.98 Å². The number of hydrogen-bond donors (Lipinski definition) is 1. The third-order valence-electron chi connectivity index (χ3n) is 4.95. The molecule has 2 aromatic carbocycles. The Morgan fingerprint density at radius 2 is 2.07 bits per heavy atom. The number of carbonyl (C=O) groups is 1. The molecule has 0 aliphatic heterocycles. The number of hydrogen-bond acceptors (Lipinski definition) is 4. The summed E-state index contributed by atoms with van der Waals surface area (Å²) in [5, 5.41) is 4.46. The minimum Gasteiger partial charge on any atom is -0.496 e. The van der Waals surface area contributed by atoms with Crippen LogP contribution in [0, 0.1) is 6.92 Å². The standard InChI is InChI=1S/C22H20ClN3O3/c1-13-16-12-14(23)8-9-18(16)29-20(13)22(27)25-19(21-24-10-11-26(21)2)15-6-4-5-7-17(15)28-3/h4-12,19H,1-3H3,(H,25,27)/t19-/m0/s1. The summed E-state index contributed by atoms with van der Waals surface area (Å²) in [5.41, 5.74) is 2.15. The molecule has 0 saturated heterocycles. The number of aromatic nitrogens is 2. The molecule has 1 atom stereocenters. The zero-order chi connectivity index (χ0) is 20.5. The van der Waals surface area contributed by atoms with Crippen molar-refractivity contribution in [2.75, 3.05) is 7.11 Å². The summed E-state index contributed by atoms with van der Waals surface area (Å²) in [6, 6.07) is 12.3. The molecule has 0 aliphatic carbocycles. The lowest BCUT2D eigenvalue weighted by atomic mass is 10.0. The first-order chi connectivity index (χ1) is 14.0. The van der Waals surface area contributed by atoms with Crippen LogP contribution in [0.5, 0.6) is 5.75 Å². The summed E-state index contributed by atoms with van der Waals surface area (Å²) < 4.78 is 13.2. The Morgan fingerprint density at radius 1 is 1.28 bits per heavy atom. The fourth-order valence-corrected chi connectivity index (χ4v) is 3.62. The number of nitrogens with zero attached hydrogens (tertiary/aromatic N) is 2. The summed E-state index contributed by atoms with van der Waals surface area (Å²) in [6.45, 7) is 1.84. The van der Waals surface area contributed by atoms with Crippen LogP contribution in [0.15, 0.2) is 59.3 Å². The highest BCUT2D eigenvalue weighted by Gasteiger charge is 2.27. The van der Waals surface area contributed by atoms with Crippen LogP contribution in [0.1, 0.15) is 33.5 Å². The second kappa shape index (κ2) is 7.64. The molecule has 29 heavy (non-hydrogen) atoms. The van der Waals surface area contributed by atoms with Crippen LogP contribution in [0.4, 0.5) is 0 Å². The van der Waals surface area contributed by atoms with E-state index in [1.807, 2.05) is 49.0 Å². The molecule has 0 fully saturated rings. The van der Waals surface area contributed by atoms with E-state index in [0.717, 1.165) is 16.5 Å². The van der Waals surface area contributed by atoms with Gasteiger partial charge in [-0.15, -0.1) is 0 Å². The maximum Gasteiger partial charge on any atom is 0.288 e. The van der Waals surface area contributed by atoms with E-state index in [2.05, 4.69) is 10.3 Å². The van der Waals surface area contributed by atoms with E-state index >= 15 is 0 Å². The van der Waals surface area contributed by atoms with Gasteiger partial charge in [0.2, 0.25) is 0 Å². The van der Waals surface area contributed by atoms with Gasteiger partial charge in [0.1, 0.15) is 23.2 Å². The van der Waals surface area contributed by atoms with Crippen molar-refractivity contribution in [1.29, 1.82) is 0 Å². The monoisotopic (exact) mass is 409 g/mol. The number of methoxy groups -OCH3 is 1. The molecule has 148 valence electrons. The SMILES string of the molecule is COc1ccccc1[C@H](NC(=O)c1oc2ccc(Cl)cc2c1C)c1nccn1C. The minimum absolute atomic E-state index is 0.247. The molecular formula is C22H20ClN3O3. The molecule has 0 saturated carbocycles. The van der Waals surface area contributed by atoms with E-state index in [-0.39, 0.29) is 11.7 Å². The molecule has 4 rings (SSSR count). The number of aryl methyl sites for hydroxylation is 2. The van der Waals surface area contributed by atoms with Gasteiger partial charge < -0.3 is 19.0 Å². The number of para-hydroxylation sites is 1. The first-order valence-electron chi connectivity index (χ1n) is 9.09. The van der Waals surface area contributed by atoms with Crippen LogP contribution < -0.4 is 10.1 Å². The Bertz CT molecular complexity index is 1200. The van der Waals surface area contributed by atoms with Gasteiger partial charge in [0, 0.05) is 41.0 Å². The lowest BCUT2D eigenvalue weighted by Crippen LogP contribution is -2.31. The molecule has 0 unspecified atom stereocenters. The molecule has 4 aromatic rings. The van der Waals surface area contributed by atoms with Crippen LogP contribution in [0.3, 0.4) is 0 Å². The Kier molecular flexibility index (Phi) is 5.03. The smallest absolute Gasteiger partial charge is 0.288 e. The van der Waals surface area contributed by atoms with Gasteiger partial charge in [-0.2, -0.15) is 0 Å². The Labute approximate surface area is 173 Å². The van der Waals surface area contributed by atoms with Gasteiger partial charge in [-0.3, -0.25) is 4.79 Å². The molecule has 1 amide bonds. The molecule has 2 heterocycles. The van der Waals surface area contributed by atoms with E-state index in [0.29, 0.717) is 22.2 Å². The number of halogens is 1. The van der Waals surface area contributed by atoms with Gasteiger partial charge in [-0.05, 0) is 31.2 Å². The third-order valence-corrected chi connectivity index (χ3v) is 5.18. The average molecular weight is 410 g/mol. The number of furan rings is 1. The summed E-state index contributed by atoms with van der Waals surface area (Å²) in [7, 11) is 3.48. The van der Waals surface area contributed by atoms with E-state index in [1.165, 1.54) is 0 Å². The molecule has 0 spiro atoms. The van der Waals surface area contributed by atoms with Crippen molar-refractivity contribution in [3.05, 3.63) is 82.6 Å². The number of carbonyl (C=O) groups excluding carboxylic acids is 1. The third kappa shape index (κ3) is 3.47. The molecule has 0 radical (unpaired) electrons. The predicted molar refractivity (Wildman–Crippen MR) is 111 cm³/mol. The Morgan fingerprint density at radius 3 is 2.79 bits per heavy atom. The van der Waals surface area contributed by atoms with Gasteiger partial charge in [0.15, 0.2) is 5.76 Å². The predicted octanol–water partition coefficient (Wildman–Crippen LogP) is 4.66. The van der Waals surface area contributed by atoms with Gasteiger partial charge in [0.05, 0.1) is 7.11 Å². The Hall–Kier alpha value is -3.25. The summed E-state index contributed by atoms with van der Waals surface area (Å²) >= 11 is 6.10. The van der Waals surface area contributed by atoms with Crippen molar-refractivity contribution >= 4 is 28.5 Å². The highest BCUT2D eigenvalue weighted by atomic mass is 35.5. The molecule has 7 heteroatoms. The highest BCUT2D eigenvalue weighted by molar-refractivity contribution is 6.31. The van der Waals surface area contributed by atoms with E-state index in [9.17, 15) is 4.79 Å². The summed E-state index contributed by atoms with van der Waals surface area (Å²) in [6.07, 6.45) is 3.52. The number of nitrogens with one attached hydrogen (secondary N) is 1. The largest absolute Gasteiger partial charge is 0.496 e. The molecule has 1 N–H and O–H groups in total. The number of fused-ring (bicyclic) bond motifs is 1. The van der Waals surface area contributed by atoms with Crippen molar-refractivity contribution < 1.29 is 13.9 Å². The molecule has 0 aliphatic rings. The normalized spacial score (nSPS) is 12.1. The summed E-state index contributed by atoms with van der Waals surface area (Å²) in [5.74, 6) is 1.25. The number of rotatable bonds is 5. The van der Waals surface area contributed by atoms with Crippen molar-refractivity contribution in [2.45, 2.75) is 13.0 Å². The number of amides is 1. The maximum absolute atomic E-state index is 13.2. The van der Waals surface area contributed by atoms with Crippen molar-refractivity contribution in [2.24, 2.45) is 7.05 Å². The van der Waals surface area contributed by atoms with Crippen molar-refractivity contribution in [1.82, 2.24) is 14.9 Å². The minimum atomic E-state index is -0.519. The second-order valence-electron chi connectivity index (χ2n) is 6.74. The quantitative estimate of drug-likeness (QED) is 0.520. The second-order valence-corrected chi connectivity index (χ2v) is 7.18. The zero-order valence-corrected chi connectivity index (χ0v) is 17.0. The van der Waals surface area contributed by atoms with Crippen LogP contribution in [0.25, 0.3) is 11.0 Å². The maximum atomic E-state index is 13.2. The van der Waals surface area contributed by atoms with Crippen LogP contribution in [0.2, 0.25) is 5.02 Å². The number of imidazole rings is 1.